The summed E-state index contributed by atoms with van der Waals surface area (Å²) in [4.78, 5) is 14.0. The topological polar surface area (TPSA) is 75.8 Å². The Kier molecular flexibility index (Phi) is 3.70. The van der Waals surface area contributed by atoms with Gasteiger partial charge in [0, 0.05) is 19.6 Å². The summed E-state index contributed by atoms with van der Waals surface area (Å²) in [5.41, 5.74) is 4.91. The van der Waals surface area contributed by atoms with Crippen LogP contribution in [0.4, 0.5) is 0 Å². The van der Waals surface area contributed by atoms with Crippen LogP contribution in [0.25, 0.3) is 0 Å². The van der Waals surface area contributed by atoms with E-state index in [4.69, 9.17) is 10.5 Å². The fourth-order valence-corrected chi connectivity index (χ4v) is 2.47. The standard InChI is InChI=1S/C12H22N2O3/c1-12(16)4-6-14(7-5-12)11(15)10-3-2-9(8-13)17-10/h9-10,16H,2-8,13H2,1H3. The van der Waals surface area contributed by atoms with Crippen molar-refractivity contribution in [2.45, 2.75) is 50.4 Å². The van der Waals surface area contributed by atoms with Crippen LogP contribution in [-0.4, -0.2) is 53.4 Å². The zero-order valence-electron chi connectivity index (χ0n) is 10.4. The Hall–Kier alpha value is -0.650. The second-order valence-corrected chi connectivity index (χ2v) is 5.38. The van der Waals surface area contributed by atoms with Crippen molar-refractivity contribution >= 4 is 5.91 Å². The molecule has 2 fully saturated rings. The quantitative estimate of drug-likeness (QED) is 0.707. The summed E-state index contributed by atoms with van der Waals surface area (Å²) >= 11 is 0. The van der Waals surface area contributed by atoms with Crippen LogP contribution in [0, 0.1) is 0 Å². The fraction of sp³-hybridized carbons (Fsp3) is 0.917. The van der Waals surface area contributed by atoms with Crippen molar-refractivity contribution in [1.82, 2.24) is 4.90 Å². The molecule has 1 amide bonds. The largest absolute Gasteiger partial charge is 0.390 e. The van der Waals surface area contributed by atoms with Crippen LogP contribution in [0.15, 0.2) is 0 Å². The van der Waals surface area contributed by atoms with Gasteiger partial charge in [0.15, 0.2) is 0 Å². The van der Waals surface area contributed by atoms with Gasteiger partial charge in [-0.1, -0.05) is 0 Å². The lowest BCUT2D eigenvalue weighted by Gasteiger charge is -2.36. The molecule has 0 bridgehead atoms. The Morgan fingerprint density at radius 2 is 2.12 bits per heavy atom. The van der Waals surface area contributed by atoms with Gasteiger partial charge in [0.25, 0.3) is 5.91 Å². The summed E-state index contributed by atoms with van der Waals surface area (Å²) in [7, 11) is 0. The molecule has 5 heteroatoms. The van der Waals surface area contributed by atoms with Crippen LogP contribution in [-0.2, 0) is 9.53 Å². The first kappa shape index (κ1) is 12.8. The maximum atomic E-state index is 12.2. The number of nitrogens with zero attached hydrogens (tertiary/aromatic N) is 1. The highest BCUT2D eigenvalue weighted by atomic mass is 16.5. The monoisotopic (exact) mass is 242 g/mol. The molecule has 5 nitrogen and oxygen atoms in total. The molecule has 2 unspecified atom stereocenters. The molecule has 3 N–H and O–H groups in total. The molecule has 2 heterocycles. The average Bonchev–Trinajstić information content (AvgIpc) is 2.76. The lowest BCUT2D eigenvalue weighted by atomic mass is 9.93. The third-order valence-electron chi connectivity index (χ3n) is 3.80. The number of nitrogens with two attached hydrogens (primary N) is 1. The fourth-order valence-electron chi connectivity index (χ4n) is 2.47. The first-order valence-electron chi connectivity index (χ1n) is 6.38. The molecule has 2 aliphatic rings. The molecule has 17 heavy (non-hydrogen) atoms. The van der Waals surface area contributed by atoms with Crippen molar-refractivity contribution in [3.8, 4) is 0 Å². The summed E-state index contributed by atoms with van der Waals surface area (Å²) in [6.07, 6.45) is 2.66. The number of rotatable bonds is 2. The third-order valence-corrected chi connectivity index (χ3v) is 3.80. The van der Waals surface area contributed by atoms with Crippen LogP contribution >= 0.6 is 0 Å². The molecule has 0 saturated carbocycles. The molecule has 2 aliphatic heterocycles. The molecular weight excluding hydrogens is 220 g/mol. The second-order valence-electron chi connectivity index (χ2n) is 5.38. The minimum Gasteiger partial charge on any atom is -0.390 e. The van der Waals surface area contributed by atoms with Crippen LogP contribution < -0.4 is 5.73 Å². The van der Waals surface area contributed by atoms with Crippen molar-refractivity contribution < 1.29 is 14.6 Å². The molecule has 0 aromatic carbocycles. The molecule has 2 saturated heterocycles. The van der Waals surface area contributed by atoms with Gasteiger partial charge in [0.05, 0.1) is 11.7 Å². The van der Waals surface area contributed by atoms with Crippen molar-refractivity contribution in [1.29, 1.82) is 0 Å². The van der Waals surface area contributed by atoms with E-state index in [1.807, 2.05) is 11.8 Å². The van der Waals surface area contributed by atoms with E-state index in [1.54, 1.807) is 0 Å². The number of hydrogen-bond donors (Lipinski definition) is 2. The minimum absolute atomic E-state index is 0.0387. The van der Waals surface area contributed by atoms with Gasteiger partial charge in [-0.2, -0.15) is 0 Å². The van der Waals surface area contributed by atoms with E-state index >= 15 is 0 Å². The first-order valence-corrected chi connectivity index (χ1v) is 6.38. The van der Waals surface area contributed by atoms with Gasteiger partial charge in [0.2, 0.25) is 0 Å². The van der Waals surface area contributed by atoms with Gasteiger partial charge in [-0.05, 0) is 32.6 Å². The predicted octanol–water partition coefficient (Wildman–Crippen LogP) is -0.134. The predicted molar refractivity (Wildman–Crippen MR) is 63.4 cm³/mol. The van der Waals surface area contributed by atoms with Crippen LogP contribution in [0.1, 0.15) is 32.6 Å². The van der Waals surface area contributed by atoms with E-state index in [2.05, 4.69) is 0 Å². The zero-order valence-corrected chi connectivity index (χ0v) is 10.4. The van der Waals surface area contributed by atoms with E-state index < -0.39 is 5.60 Å². The highest BCUT2D eigenvalue weighted by Gasteiger charge is 2.36. The van der Waals surface area contributed by atoms with E-state index in [-0.39, 0.29) is 18.1 Å². The Morgan fingerprint density at radius 3 is 2.65 bits per heavy atom. The van der Waals surface area contributed by atoms with Gasteiger partial charge in [0.1, 0.15) is 6.10 Å². The number of aliphatic hydroxyl groups is 1. The molecule has 0 aromatic heterocycles. The number of piperidine rings is 1. The minimum atomic E-state index is -0.618. The second kappa shape index (κ2) is 4.92. The lowest BCUT2D eigenvalue weighted by Crippen LogP contribution is -2.48. The van der Waals surface area contributed by atoms with E-state index in [1.165, 1.54) is 0 Å². The molecule has 0 radical (unpaired) electrons. The number of ether oxygens (including phenoxy) is 1. The van der Waals surface area contributed by atoms with Gasteiger partial charge < -0.3 is 20.5 Å². The van der Waals surface area contributed by atoms with Crippen molar-refractivity contribution in [2.24, 2.45) is 5.73 Å². The number of carbonyl (C=O) groups is 1. The van der Waals surface area contributed by atoms with Crippen molar-refractivity contribution in [3.63, 3.8) is 0 Å². The van der Waals surface area contributed by atoms with E-state index in [0.29, 0.717) is 32.5 Å². The number of amides is 1. The third kappa shape index (κ3) is 2.97. The van der Waals surface area contributed by atoms with Crippen molar-refractivity contribution in [3.05, 3.63) is 0 Å². The molecule has 98 valence electrons. The Labute approximate surface area is 102 Å². The van der Waals surface area contributed by atoms with Gasteiger partial charge in [-0.25, -0.2) is 0 Å². The molecule has 0 aromatic rings. The van der Waals surface area contributed by atoms with Crippen LogP contribution in [0.5, 0.6) is 0 Å². The molecule has 0 spiro atoms. The molecule has 2 atom stereocenters. The maximum Gasteiger partial charge on any atom is 0.251 e. The maximum absolute atomic E-state index is 12.2. The van der Waals surface area contributed by atoms with Crippen LogP contribution in [0.3, 0.4) is 0 Å². The van der Waals surface area contributed by atoms with Gasteiger partial charge in [-0.15, -0.1) is 0 Å². The summed E-state index contributed by atoms with van der Waals surface area (Å²) < 4.78 is 5.60. The summed E-state index contributed by atoms with van der Waals surface area (Å²) in [6, 6.07) is 0. The Morgan fingerprint density at radius 1 is 1.47 bits per heavy atom. The van der Waals surface area contributed by atoms with E-state index in [9.17, 15) is 9.90 Å². The zero-order chi connectivity index (χ0) is 12.5. The summed E-state index contributed by atoms with van der Waals surface area (Å²) in [6.45, 7) is 3.56. The SMILES string of the molecule is CC1(O)CCN(C(=O)C2CCC(CN)O2)CC1. The molecule has 0 aliphatic carbocycles. The number of carbonyl (C=O) groups excluding carboxylic acids is 1. The summed E-state index contributed by atoms with van der Waals surface area (Å²) in [5, 5.41) is 9.83. The number of hydrogen-bond acceptors (Lipinski definition) is 4. The smallest absolute Gasteiger partial charge is 0.251 e. The molecule has 2 rings (SSSR count). The first-order chi connectivity index (χ1) is 8.02. The summed E-state index contributed by atoms with van der Waals surface area (Å²) in [5.74, 6) is 0.0662. The lowest BCUT2D eigenvalue weighted by molar-refractivity contribution is -0.146. The normalized spacial score (nSPS) is 32.8. The van der Waals surface area contributed by atoms with Crippen molar-refractivity contribution in [2.75, 3.05) is 19.6 Å². The average molecular weight is 242 g/mol. The van der Waals surface area contributed by atoms with E-state index in [0.717, 1.165) is 12.8 Å². The highest BCUT2D eigenvalue weighted by molar-refractivity contribution is 5.81. The van der Waals surface area contributed by atoms with Gasteiger partial charge in [-0.3, -0.25) is 4.79 Å². The van der Waals surface area contributed by atoms with Gasteiger partial charge >= 0.3 is 0 Å². The molecular formula is C12H22N2O3. The Balaban J connectivity index is 1.85. The highest BCUT2D eigenvalue weighted by Crippen LogP contribution is 2.25. The van der Waals surface area contributed by atoms with Crippen LogP contribution in [0.2, 0.25) is 0 Å². The Bertz CT molecular complexity index is 283. The number of likely N-dealkylation sites (tertiary alicyclic amines) is 1.